The van der Waals surface area contributed by atoms with Gasteiger partial charge in [0.15, 0.2) is 0 Å². The van der Waals surface area contributed by atoms with Gasteiger partial charge in [-0.25, -0.2) is 5.84 Å². The van der Waals surface area contributed by atoms with Crippen molar-refractivity contribution < 1.29 is 4.74 Å². The quantitative estimate of drug-likeness (QED) is 0.831. The number of amidine groups is 1. The van der Waals surface area contributed by atoms with Crippen molar-refractivity contribution in [3.63, 3.8) is 0 Å². The summed E-state index contributed by atoms with van der Waals surface area (Å²) in [6, 6.07) is 17.1. The standard InChI is InChI=1S/C20H25N3O/c1-15(2)24-14-18-5-3-16(4-6-18)13-17-7-9-19(10-8-17)20-22-11-12-23(20)21/h3-10,15H,11-14,21H2,1-2H3. The maximum absolute atomic E-state index is 5.92. The highest BCUT2D eigenvalue weighted by molar-refractivity contribution is 5.99. The van der Waals surface area contributed by atoms with Gasteiger partial charge in [0.2, 0.25) is 0 Å². The van der Waals surface area contributed by atoms with Crippen LogP contribution in [-0.4, -0.2) is 30.0 Å². The average molecular weight is 323 g/mol. The van der Waals surface area contributed by atoms with Crippen LogP contribution < -0.4 is 5.84 Å². The van der Waals surface area contributed by atoms with E-state index in [2.05, 4.69) is 67.4 Å². The van der Waals surface area contributed by atoms with Crippen LogP contribution in [0.2, 0.25) is 0 Å². The molecule has 0 saturated carbocycles. The molecule has 126 valence electrons. The number of hydrogen-bond donors (Lipinski definition) is 1. The largest absolute Gasteiger partial charge is 0.374 e. The van der Waals surface area contributed by atoms with Gasteiger partial charge >= 0.3 is 0 Å². The van der Waals surface area contributed by atoms with Crippen LogP contribution in [0.5, 0.6) is 0 Å². The maximum Gasteiger partial charge on any atom is 0.145 e. The zero-order valence-corrected chi connectivity index (χ0v) is 14.4. The first-order valence-corrected chi connectivity index (χ1v) is 8.47. The van der Waals surface area contributed by atoms with Crippen LogP contribution in [0.3, 0.4) is 0 Å². The first-order valence-electron chi connectivity index (χ1n) is 8.47. The summed E-state index contributed by atoms with van der Waals surface area (Å²) in [6.45, 7) is 6.35. The minimum Gasteiger partial charge on any atom is -0.374 e. The molecule has 0 aromatic heterocycles. The van der Waals surface area contributed by atoms with Crippen LogP contribution in [0.4, 0.5) is 0 Å². The number of hydrogen-bond acceptors (Lipinski definition) is 4. The number of ether oxygens (including phenoxy) is 1. The van der Waals surface area contributed by atoms with E-state index >= 15 is 0 Å². The van der Waals surface area contributed by atoms with E-state index in [1.54, 1.807) is 5.01 Å². The molecular formula is C20H25N3O. The minimum atomic E-state index is 0.261. The van der Waals surface area contributed by atoms with E-state index in [0.717, 1.165) is 30.9 Å². The summed E-state index contributed by atoms with van der Waals surface area (Å²) in [5.74, 6) is 6.81. The molecule has 24 heavy (non-hydrogen) atoms. The number of hydrazine groups is 1. The van der Waals surface area contributed by atoms with Gasteiger partial charge in [0.1, 0.15) is 5.84 Å². The topological polar surface area (TPSA) is 50.8 Å². The van der Waals surface area contributed by atoms with Crippen molar-refractivity contribution in [2.45, 2.75) is 33.0 Å². The monoisotopic (exact) mass is 323 g/mol. The number of benzene rings is 2. The molecule has 2 aromatic rings. The van der Waals surface area contributed by atoms with Crippen molar-refractivity contribution in [1.29, 1.82) is 0 Å². The fourth-order valence-electron chi connectivity index (χ4n) is 2.74. The van der Waals surface area contributed by atoms with E-state index < -0.39 is 0 Å². The molecule has 0 fully saturated rings. The summed E-state index contributed by atoms with van der Waals surface area (Å²) in [5, 5.41) is 1.72. The molecule has 0 atom stereocenters. The Labute approximate surface area is 143 Å². The molecular weight excluding hydrogens is 298 g/mol. The molecule has 0 radical (unpaired) electrons. The van der Waals surface area contributed by atoms with Gasteiger partial charge in [-0.1, -0.05) is 48.5 Å². The molecule has 0 saturated heterocycles. The smallest absolute Gasteiger partial charge is 0.145 e. The van der Waals surface area contributed by atoms with E-state index in [4.69, 9.17) is 10.6 Å². The van der Waals surface area contributed by atoms with E-state index in [1.165, 1.54) is 16.7 Å². The Morgan fingerprint density at radius 1 is 1.00 bits per heavy atom. The van der Waals surface area contributed by atoms with Crippen molar-refractivity contribution in [3.05, 3.63) is 70.8 Å². The van der Waals surface area contributed by atoms with Crippen LogP contribution >= 0.6 is 0 Å². The van der Waals surface area contributed by atoms with Gasteiger partial charge in [0, 0.05) is 5.56 Å². The van der Waals surface area contributed by atoms with Gasteiger partial charge in [-0.2, -0.15) is 0 Å². The lowest BCUT2D eigenvalue weighted by atomic mass is 10.0. The number of aliphatic imine (C=N–C) groups is 1. The van der Waals surface area contributed by atoms with E-state index in [-0.39, 0.29) is 6.10 Å². The van der Waals surface area contributed by atoms with Crippen LogP contribution in [0.1, 0.15) is 36.1 Å². The van der Waals surface area contributed by atoms with E-state index in [9.17, 15) is 0 Å². The first kappa shape index (κ1) is 16.7. The highest BCUT2D eigenvalue weighted by atomic mass is 16.5. The Bertz CT molecular complexity index is 690. The normalized spacial score (nSPS) is 14.3. The van der Waals surface area contributed by atoms with Crippen LogP contribution in [0.25, 0.3) is 0 Å². The molecule has 0 unspecified atom stereocenters. The van der Waals surface area contributed by atoms with Crippen molar-refractivity contribution >= 4 is 5.84 Å². The van der Waals surface area contributed by atoms with Gasteiger partial charge in [-0.3, -0.25) is 10.0 Å². The molecule has 0 spiro atoms. The minimum absolute atomic E-state index is 0.261. The third-order valence-corrected chi connectivity index (χ3v) is 4.10. The fraction of sp³-hybridized carbons (Fsp3) is 0.350. The van der Waals surface area contributed by atoms with Crippen molar-refractivity contribution in [3.8, 4) is 0 Å². The Balaban J connectivity index is 1.61. The van der Waals surface area contributed by atoms with E-state index in [0.29, 0.717) is 6.61 Å². The van der Waals surface area contributed by atoms with Crippen molar-refractivity contribution in [2.75, 3.05) is 13.1 Å². The highest BCUT2D eigenvalue weighted by Gasteiger charge is 2.14. The zero-order chi connectivity index (χ0) is 16.9. The highest BCUT2D eigenvalue weighted by Crippen LogP contribution is 2.15. The van der Waals surface area contributed by atoms with Gasteiger partial charge in [-0.15, -0.1) is 0 Å². The summed E-state index contributed by atoms with van der Waals surface area (Å²) in [6.07, 6.45) is 1.18. The molecule has 3 rings (SSSR count). The average Bonchev–Trinajstić information content (AvgIpc) is 3.01. The molecule has 2 N–H and O–H groups in total. The SMILES string of the molecule is CC(C)OCc1ccc(Cc2ccc(C3=NCCN3N)cc2)cc1. The summed E-state index contributed by atoms with van der Waals surface area (Å²) in [7, 11) is 0. The molecule has 1 aliphatic rings. The Kier molecular flexibility index (Phi) is 5.28. The summed E-state index contributed by atoms with van der Waals surface area (Å²) >= 11 is 0. The third kappa shape index (κ3) is 4.22. The molecule has 4 heteroatoms. The summed E-state index contributed by atoms with van der Waals surface area (Å²) in [5.41, 5.74) is 4.88. The summed E-state index contributed by atoms with van der Waals surface area (Å²) in [4.78, 5) is 4.45. The second kappa shape index (κ2) is 7.60. The fourth-order valence-corrected chi connectivity index (χ4v) is 2.74. The lowest BCUT2D eigenvalue weighted by Crippen LogP contribution is -2.34. The molecule has 2 aromatic carbocycles. The number of nitrogens with zero attached hydrogens (tertiary/aromatic N) is 2. The molecule has 4 nitrogen and oxygen atoms in total. The third-order valence-electron chi connectivity index (χ3n) is 4.10. The van der Waals surface area contributed by atoms with Gasteiger partial charge in [-0.05, 0) is 37.0 Å². The molecule has 1 heterocycles. The van der Waals surface area contributed by atoms with Gasteiger partial charge < -0.3 is 4.74 Å². The van der Waals surface area contributed by atoms with Crippen molar-refractivity contribution in [2.24, 2.45) is 10.8 Å². The number of rotatable bonds is 6. The molecule has 0 amide bonds. The summed E-state index contributed by atoms with van der Waals surface area (Å²) < 4.78 is 5.63. The lowest BCUT2D eigenvalue weighted by Gasteiger charge is -2.13. The Morgan fingerprint density at radius 2 is 1.58 bits per heavy atom. The van der Waals surface area contributed by atoms with E-state index in [1.807, 2.05) is 0 Å². The second-order valence-electron chi connectivity index (χ2n) is 6.45. The van der Waals surface area contributed by atoms with Gasteiger partial charge in [0.05, 0.1) is 25.8 Å². The molecule has 0 aliphatic carbocycles. The number of nitrogens with two attached hydrogens (primary N) is 1. The predicted molar refractivity (Wildman–Crippen MR) is 97.9 cm³/mol. The Hall–Kier alpha value is -2.17. The second-order valence-corrected chi connectivity index (χ2v) is 6.45. The van der Waals surface area contributed by atoms with Crippen LogP contribution in [0.15, 0.2) is 53.5 Å². The molecule has 1 aliphatic heterocycles. The van der Waals surface area contributed by atoms with Crippen LogP contribution in [-0.2, 0) is 17.8 Å². The maximum atomic E-state index is 5.92. The van der Waals surface area contributed by atoms with Crippen LogP contribution in [0, 0.1) is 0 Å². The predicted octanol–water partition coefficient (Wildman–Crippen LogP) is 3.14. The first-order chi connectivity index (χ1) is 11.6. The molecule has 0 bridgehead atoms. The van der Waals surface area contributed by atoms with Gasteiger partial charge in [0.25, 0.3) is 0 Å². The van der Waals surface area contributed by atoms with Crippen molar-refractivity contribution in [1.82, 2.24) is 5.01 Å². The Morgan fingerprint density at radius 3 is 2.12 bits per heavy atom. The zero-order valence-electron chi connectivity index (χ0n) is 14.4. The lowest BCUT2D eigenvalue weighted by molar-refractivity contribution is 0.0657.